The topological polar surface area (TPSA) is 51.8 Å². The fourth-order valence-electron chi connectivity index (χ4n) is 7.85. The molecule has 6 unspecified atom stereocenters. The maximum absolute atomic E-state index is 13.9. The van der Waals surface area contributed by atoms with E-state index in [2.05, 4.69) is 57.2 Å². The molecule has 6 nitrogen and oxygen atoms in total. The first-order valence-electron chi connectivity index (χ1n) is 15.3. The van der Waals surface area contributed by atoms with Gasteiger partial charge in [-0.3, -0.25) is 20.4 Å². The van der Waals surface area contributed by atoms with E-state index < -0.39 is 6.17 Å². The fourth-order valence-corrected chi connectivity index (χ4v) is 8.96. The van der Waals surface area contributed by atoms with Crippen molar-refractivity contribution in [2.45, 2.75) is 114 Å². The number of alkyl halides is 1. The molecule has 2 aliphatic carbocycles. The van der Waals surface area contributed by atoms with Gasteiger partial charge < -0.3 is 4.74 Å². The van der Waals surface area contributed by atoms with Crippen molar-refractivity contribution in [1.82, 2.24) is 25.2 Å². The predicted molar refractivity (Wildman–Crippen MR) is 154 cm³/mol. The van der Waals surface area contributed by atoms with Crippen molar-refractivity contribution in [3.63, 3.8) is 0 Å². The summed E-state index contributed by atoms with van der Waals surface area (Å²) < 4.78 is 24.7. The first-order valence-corrected chi connectivity index (χ1v) is 16.1. The summed E-state index contributed by atoms with van der Waals surface area (Å²) in [5.41, 5.74) is 4.10. The number of hydrogen-bond donors (Lipinski definition) is 3. The van der Waals surface area contributed by atoms with Gasteiger partial charge in [-0.05, 0) is 81.4 Å². The summed E-state index contributed by atoms with van der Waals surface area (Å²) in [4.78, 5) is 5.36. The molecule has 1 aromatic rings. The van der Waals surface area contributed by atoms with Gasteiger partial charge in [0.25, 0.3) is 0 Å². The van der Waals surface area contributed by atoms with E-state index in [1.165, 1.54) is 48.9 Å². The molecule has 8 heteroatoms. The number of fused-ring (bicyclic) bond motifs is 6. The highest BCUT2D eigenvalue weighted by Gasteiger charge is 2.37. The molecule has 5 aliphatic rings. The SMILES string of the molecule is Cc1cccc(C)c1C1CC2NC(NSC3CCCC(C3)CN3CCN(C4CCC(F)CC4)C[C@@H](C3)O2)N1. The molecule has 2 saturated carbocycles. The Morgan fingerprint density at radius 1 is 0.921 bits per heavy atom. The third kappa shape index (κ3) is 6.59. The second kappa shape index (κ2) is 12.4. The van der Waals surface area contributed by atoms with Crippen LogP contribution in [0.4, 0.5) is 4.39 Å². The van der Waals surface area contributed by atoms with Gasteiger partial charge in [0, 0.05) is 56.5 Å². The van der Waals surface area contributed by atoms with Gasteiger partial charge in [0.1, 0.15) is 18.7 Å². The average Bonchev–Trinajstić information content (AvgIpc) is 3.09. The zero-order chi connectivity index (χ0) is 26.1. The van der Waals surface area contributed by atoms with Crippen LogP contribution in [0.2, 0.25) is 0 Å². The Labute approximate surface area is 233 Å². The lowest BCUT2D eigenvalue weighted by atomic mass is 9.88. The van der Waals surface area contributed by atoms with E-state index >= 15 is 0 Å². The van der Waals surface area contributed by atoms with E-state index in [1.54, 1.807) is 0 Å². The Kier molecular flexibility index (Phi) is 8.96. The van der Waals surface area contributed by atoms with E-state index in [0.29, 0.717) is 11.3 Å². The number of nitrogens with zero attached hydrogens (tertiary/aromatic N) is 2. The van der Waals surface area contributed by atoms with Crippen LogP contribution in [0.5, 0.6) is 0 Å². The van der Waals surface area contributed by atoms with E-state index in [1.807, 2.05) is 11.9 Å². The second-order valence-electron chi connectivity index (χ2n) is 12.7. The van der Waals surface area contributed by atoms with Crippen LogP contribution in [0.1, 0.15) is 80.5 Å². The lowest BCUT2D eigenvalue weighted by Crippen LogP contribution is -2.62. The Morgan fingerprint density at radius 2 is 1.74 bits per heavy atom. The molecule has 1 aromatic carbocycles. The summed E-state index contributed by atoms with van der Waals surface area (Å²) in [6, 6.07) is 7.37. The van der Waals surface area contributed by atoms with Crippen molar-refractivity contribution >= 4 is 11.9 Å². The van der Waals surface area contributed by atoms with E-state index in [9.17, 15) is 4.39 Å². The second-order valence-corrected chi connectivity index (χ2v) is 13.8. The fraction of sp³-hybridized carbons (Fsp3) is 0.800. The molecule has 0 aromatic heterocycles. The van der Waals surface area contributed by atoms with Gasteiger partial charge in [0.05, 0.1) is 6.10 Å². The number of aryl methyl sites for hydroxylation is 2. The number of nitrogens with one attached hydrogen (secondary N) is 3. The van der Waals surface area contributed by atoms with Gasteiger partial charge in [0.2, 0.25) is 0 Å². The number of hydrogen-bond acceptors (Lipinski definition) is 7. The van der Waals surface area contributed by atoms with Crippen molar-refractivity contribution in [3.05, 3.63) is 34.9 Å². The number of ether oxygens (including phenoxy) is 1. The largest absolute Gasteiger partial charge is 0.357 e. The third-order valence-electron chi connectivity index (χ3n) is 9.77. The molecule has 3 N–H and O–H groups in total. The normalized spacial score (nSPS) is 41.3. The molecule has 6 rings (SSSR count). The maximum Gasteiger partial charge on any atom is 0.123 e. The highest BCUT2D eigenvalue weighted by atomic mass is 32.2. The first-order chi connectivity index (χ1) is 18.5. The Balaban J connectivity index is 1.25. The van der Waals surface area contributed by atoms with Crippen LogP contribution in [0, 0.1) is 19.8 Å². The Hall–Kier alpha value is -0.740. The van der Waals surface area contributed by atoms with Gasteiger partial charge >= 0.3 is 0 Å². The van der Waals surface area contributed by atoms with Crippen LogP contribution < -0.4 is 15.4 Å². The lowest BCUT2D eigenvalue weighted by Gasteiger charge is -2.41. The van der Waals surface area contributed by atoms with Crippen molar-refractivity contribution in [3.8, 4) is 0 Å². The zero-order valence-electron chi connectivity index (χ0n) is 23.3. The monoisotopic (exact) mass is 545 g/mol. The molecular weight excluding hydrogens is 497 g/mol. The quantitative estimate of drug-likeness (QED) is 0.469. The number of halogens is 1. The molecule has 0 spiro atoms. The van der Waals surface area contributed by atoms with Gasteiger partial charge in [0.15, 0.2) is 0 Å². The van der Waals surface area contributed by atoms with E-state index in [4.69, 9.17) is 4.74 Å². The van der Waals surface area contributed by atoms with Crippen LogP contribution in [0.15, 0.2) is 18.2 Å². The maximum atomic E-state index is 13.9. The van der Waals surface area contributed by atoms with Crippen molar-refractivity contribution in [2.75, 3.05) is 32.7 Å². The minimum Gasteiger partial charge on any atom is -0.357 e. The summed E-state index contributed by atoms with van der Waals surface area (Å²) in [6.07, 6.45) is 9.13. The van der Waals surface area contributed by atoms with Crippen LogP contribution >= 0.6 is 11.9 Å². The smallest absolute Gasteiger partial charge is 0.123 e. The Morgan fingerprint density at radius 3 is 2.55 bits per heavy atom. The highest BCUT2D eigenvalue weighted by molar-refractivity contribution is 7.98. The van der Waals surface area contributed by atoms with E-state index in [-0.39, 0.29) is 24.7 Å². The highest BCUT2D eigenvalue weighted by Crippen LogP contribution is 2.34. The molecule has 3 heterocycles. The van der Waals surface area contributed by atoms with Crippen LogP contribution in [-0.4, -0.2) is 78.6 Å². The summed E-state index contributed by atoms with van der Waals surface area (Å²) in [5.74, 6) is 0.764. The average molecular weight is 546 g/mol. The summed E-state index contributed by atoms with van der Waals surface area (Å²) in [6.45, 7) is 9.80. The summed E-state index contributed by atoms with van der Waals surface area (Å²) in [7, 11) is 0. The van der Waals surface area contributed by atoms with Crippen LogP contribution in [-0.2, 0) is 4.74 Å². The third-order valence-corrected chi connectivity index (χ3v) is 10.9. The van der Waals surface area contributed by atoms with E-state index in [0.717, 1.165) is 64.2 Å². The first kappa shape index (κ1) is 27.4. The van der Waals surface area contributed by atoms with Crippen molar-refractivity contribution in [1.29, 1.82) is 0 Å². The lowest BCUT2D eigenvalue weighted by molar-refractivity contribution is -0.0791. The molecule has 212 valence electrons. The predicted octanol–water partition coefficient (Wildman–Crippen LogP) is 4.63. The number of benzene rings is 1. The number of rotatable bonds is 2. The molecule has 38 heavy (non-hydrogen) atoms. The minimum atomic E-state index is -0.602. The Bertz CT molecular complexity index is 910. The minimum absolute atomic E-state index is 0.00158. The van der Waals surface area contributed by atoms with Crippen molar-refractivity contribution < 1.29 is 9.13 Å². The molecule has 3 saturated heterocycles. The summed E-state index contributed by atoms with van der Waals surface area (Å²) >= 11 is 1.93. The molecule has 5 fully saturated rings. The van der Waals surface area contributed by atoms with Gasteiger partial charge in [-0.2, -0.15) is 0 Å². The van der Waals surface area contributed by atoms with Gasteiger partial charge in [-0.25, -0.2) is 9.11 Å². The molecule has 7 atom stereocenters. The molecule has 0 amide bonds. The molecule has 0 radical (unpaired) electrons. The van der Waals surface area contributed by atoms with Crippen LogP contribution in [0.3, 0.4) is 0 Å². The zero-order valence-corrected chi connectivity index (χ0v) is 24.2. The standard InChI is InChI=1S/C30H48FN5OS/c1-20-5-3-6-21(2)29(20)27-16-28-33-30(32-27)34-38-26-8-4-7-22(15-26)17-35-13-14-36(19-25(18-35)37-28)24-11-9-23(31)10-12-24/h3,5-6,22-28,30,32-34H,4,7-19H2,1-2H3/t22?,23?,24?,25-,26?,27?,28?,30?/m1/s1. The summed E-state index contributed by atoms with van der Waals surface area (Å²) in [5, 5.41) is 8.31. The molecule has 3 aliphatic heterocycles. The van der Waals surface area contributed by atoms with Crippen molar-refractivity contribution in [2.24, 2.45) is 5.92 Å². The van der Waals surface area contributed by atoms with Gasteiger partial charge in [-0.15, -0.1) is 0 Å². The molecular formula is C30H48FN5OS. The van der Waals surface area contributed by atoms with Gasteiger partial charge in [-0.1, -0.05) is 36.6 Å². The molecule has 6 bridgehead atoms. The van der Waals surface area contributed by atoms with Crippen LogP contribution in [0.25, 0.3) is 0 Å².